The summed E-state index contributed by atoms with van der Waals surface area (Å²) in [6.07, 6.45) is 0.0652. The summed E-state index contributed by atoms with van der Waals surface area (Å²) in [7, 11) is 0. The molecule has 0 aromatic heterocycles. The predicted molar refractivity (Wildman–Crippen MR) is 95.3 cm³/mol. The summed E-state index contributed by atoms with van der Waals surface area (Å²) >= 11 is 0. The van der Waals surface area contributed by atoms with Gasteiger partial charge in [0, 0.05) is 0 Å². The summed E-state index contributed by atoms with van der Waals surface area (Å²) in [4.78, 5) is 12.3. The van der Waals surface area contributed by atoms with Crippen LogP contribution in [0.25, 0.3) is 0 Å². The van der Waals surface area contributed by atoms with Gasteiger partial charge in [-0.05, 0) is 37.1 Å². The van der Waals surface area contributed by atoms with Crippen LogP contribution in [-0.2, 0) is 11.2 Å². The summed E-state index contributed by atoms with van der Waals surface area (Å²) < 4.78 is 17.3. The number of carbonyl (C=O) groups excluding carboxylic acids is 1. The Balaban J connectivity index is 1.51. The zero-order valence-corrected chi connectivity index (χ0v) is 14.5. The van der Waals surface area contributed by atoms with E-state index in [0.29, 0.717) is 18.9 Å². The van der Waals surface area contributed by atoms with Gasteiger partial charge >= 0.3 is 0 Å². The third kappa shape index (κ3) is 4.24. The molecule has 25 heavy (non-hydrogen) atoms. The summed E-state index contributed by atoms with van der Waals surface area (Å²) in [5.41, 5.74) is 1.09. The molecular formula is C20H23NO4. The maximum Gasteiger partial charge on any atom is 0.260 e. The smallest absolute Gasteiger partial charge is 0.260 e. The van der Waals surface area contributed by atoms with Crippen LogP contribution in [0.3, 0.4) is 0 Å². The lowest BCUT2D eigenvalue weighted by atomic mass is 10.1. The van der Waals surface area contributed by atoms with Crippen molar-refractivity contribution in [2.75, 3.05) is 13.2 Å². The van der Waals surface area contributed by atoms with E-state index in [1.807, 2.05) is 48.5 Å². The fourth-order valence-electron chi connectivity index (χ4n) is 2.68. The normalized spacial score (nSPS) is 16.8. The molecule has 2 aromatic carbocycles. The zero-order chi connectivity index (χ0) is 17.6. The molecule has 1 amide bonds. The van der Waals surface area contributed by atoms with Gasteiger partial charge in [-0.3, -0.25) is 4.79 Å². The maximum atomic E-state index is 12.3. The molecule has 0 bridgehead atoms. The Hall–Kier alpha value is -2.69. The van der Waals surface area contributed by atoms with Gasteiger partial charge in [-0.15, -0.1) is 0 Å². The lowest BCUT2D eigenvalue weighted by Crippen LogP contribution is -2.44. The SMILES string of the molecule is CCc1ccccc1O[C@@H](C)C(=O)NC[C@H]1COc2ccccc2O1. The van der Waals surface area contributed by atoms with Gasteiger partial charge in [0.1, 0.15) is 18.5 Å². The first-order valence-electron chi connectivity index (χ1n) is 8.58. The Bertz CT molecular complexity index is 731. The van der Waals surface area contributed by atoms with Gasteiger partial charge in [0.05, 0.1) is 6.54 Å². The number of nitrogens with one attached hydrogen (secondary N) is 1. The number of fused-ring (bicyclic) bond motifs is 1. The second-order valence-corrected chi connectivity index (χ2v) is 5.96. The minimum absolute atomic E-state index is 0.173. The number of rotatable bonds is 6. The molecule has 0 saturated heterocycles. The number of benzene rings is 2. The molecule has 5 nitrogen and oxygen atoms in total. The van der Waals surface area contributed by atoms with Crippen molar-refractivity contribution in [3.05, 3.63) is 54.1 Å². The monoisotopic (exact) mass is 341 g/mol. The first-order valence-corrected chi connectivity index (χ1v) is 8.58. The minimum Gasteiger partial charge on any atom is -0.486 e. The highest BCUT2D eigenvalue weighted by Gasteiger charge is 2.23. The van der Waals surface area contributed by atoms with Crippen molar-refractivity contribution < 1.29 is 19.0 Å². The van der Waals surface area contributed by atoms with Gasteiger partial charge in [0.25, 0.3) is 5.91 Å². The molecule has 0 spiro atoms. The maximum absolute atomic E-state index is 12.3. The molecule has 1 heterocycles. The topological polar surface area (TPSA) is 56.8 Å². The van der Waals surface area contributed by atoms with Crippen molar-refractivity contribution in [2.24, 2.45) is 0 Å². The first kappa shape index (κ1) is 17.1. The van der Waals surface area contributed by atoms with E-state index in [-0.39, 0.29) is 12.0 Å². The number of hydrogen-bond acceptors (Lipinski definition) is 4. The van der Waals surface area contributed by atoms with Gasteiger partial charge in [0.15, 0.2) is 17.6 Å². The molecule has 0 radical (unpaired) electrons. The predicted octanol–water partition coefficient (Wildman–Crippen LogP) is 2.97. The lowest BCUT2D eigenvalue weighted by Gasteiger charge is -2.27. The molecule has 2 aromatic rings. The van der Waals surface area contributed by atoms with Crippen LogP contribution in [0.4, 0.5) is 0 Å². The van der Waals surface area contributed by atoms with Crippen LogP contribution < -0.4 is 19.5 Å². The number of para-hydroxylation sites is 3. The van der Waals surface area contributed by atoms with Crippen molar-refractivity contribution in [3.8, 4) is 17.2 Å². The van der Waals surface area contributed by atoms with Crippen molar-refractivity contribution in [3.63, 3.8) is 0 Å². The van der Waals surface area contributed by atoms with Crippen molar-refractivity contribution in [2.45, 2.75) is 32.5 Å². The highest BCUT2D eigenvalue weighted by atomic mass is 16.6. The first-order chi connectivity index (χ1) is 12.2. The van der Waals surface area contributed by atoms with E-state index in [1.54, 1.807) is 6.92 Å². The second kappa shape index (κ2) is 7.92. The summed E-state index contributed by atoms with van der Waals surface area (Å²) in [6, 6.07) is 15.3. The van der Waals surface area contributed by atoms with Crippen LogP contribution in [0.1, 0.15) is 19.4 Å². The van der Waals surface area contributed by atoms with Crippen LogP contribution in [0, 0.1) is 0 Å². The fourth-order valence-corrected chi connectivity index (χ4v) is 2.68. The number of carbonyl (C=O) groups is 1. The van der Waals surface area contributed by atoms with Gasteiger partial charge < -0.3 is 19.5 Å². The van der Waals surface area contributed by atoms with E-state index in [9.17, 15) is 4.79 Å². The van der Waals surface area contributed by atoms with Crippen molar-refractivity contribution in [1.29, 1.82) is 0 Å². The Morgan fingerprint density at radius 3 is 2.72 bits per heavy atom. The number of amides is 1. The Morgan fingerprint density at radius 2 is 1.92 bits per heavy atom. The Kier molecular flexibility index (Phi) is 5.43. The minimum atomic E-state index is -0.579. The van der Waals surface area contributed by atoms with Gasteiger partial charge in [0.2, 0.25) is 0 Å². The number of aryl methyl sites for hydroxylation is 1. The van der Waals surface area contributed by atoms with Gasteiger partial charge in [-0.2, -0.15) is 0 Å². The number of ether oxygens (including phenoxy) is 3. The third-order valence-corrected chi connectivity index (χ3v) is 4.10. The molecule has 3 rings (SSSR count). The molecule has 2 atom stereocenters. The molecule has 0 fully saturated rings. The van der Waals surface area contributed by atoms with Crippen LogP contribution in [0.15, 0.2) is 48.5 Å². The molecule has 1 aliphatic heterocycles. The average molecular weight is 341 g/mol. The number of hydrogen-bond donors (Lipinski definition) is 1. The van der Waals surface area contributed by atoms with Gasteiger partial charge in [-0.25, -0.2) is 0 Å². The molecular weight excluding hydrogens is 318 g/mol. The largest absolute Gasteiger partial charge is 0.486 e. The molecule has 1 aliphatic rings. The van der Waals surface area contributed by atoms with Crippen molar-refractivity contribution >= 4 is 5.91 Å². The molecule has 0 aliphatic carbocycles. The fraction of sp³-hybridized carbons (Fsp3) is 0.350. The van der Waals surface area contributed by atoms with E-state index in [4.69, 9.17) is 14.2 Å². The Morgan fingerprint density at radius 1 is 1.20 bits per heavy atom. The highest BCUT2D eigenvalue weighted by Crippen LogP contribution is 2.30. The van der Waals surface area contributed by atoms with Crippen LogP contribution in [-0.4, -0.2) is 31.3 Å². The van der Waals surface area contributed by atoms with E-state index < -0.39 is 6.10 Å². The van der Waals surface area contributed by atoms with Crippen LogP contribution >= 0.6 is 0 Å². The third-order valence-electron chi connectivity index (χ3n) is 4.10. The standard InChI is InChI=1S/C20H23NO4/c1-3-15-8-4-5-9-17(15)24-14(2)20(22)21-12-16-13-23-18-10-6-7-11-19(18)25-16/h4-11,14,16H,3,12-13H2,1-2H3,(H,21,22)/t14-,16-/m0/s1. The zero-order valence-electron chi connectivity index (χ0n) is 14.5. The summed E-state index contributed by atoms with van der Waals surface area (Å²) in [6.45, 7) is 4.59. The van der Waals surface area contributed by atoms with Gasteiger partial charge in [-0.1, -0.05) is 37.3 Å². The second-order valence-electron chi connectivity index (χ2n) is 5.96. The molecule has 0 saturated carbocycles. The van der Waals surface area contributed by atoms with E-state index >= 15 is 0 Å². The summed E-state index contributed by atoms with van der Waals surface area (Å²) in [5, 5.41) is 2.87. The van der Waals surface area contributed by atoms with Crippen molar-refractivity contribution in [1.82, 2.24) is 5.32 Å². The molecule has 5 heteroatoms. The molecule has 0 unspecified atom stereocenters. The summed E-state index contributed by atoms with van der Waals surface area (Å²) in [5.74, 6) is 2.01. The Labute approximate surface area is 147 Å². The van der Waals surface area contributed by atoms with E-state index in [2.05, 4.69) is 12.2 Å². The van der Waals surface area contributed by atoms with E-state index in [0.717, 1.165) is 23.5 Å². The lowest BCUT2D eigenvalue weighted by molar-refractivity contribution is -0.127. The van der Waals surface area contributed by atoms with Crippen LogP contribution in [0.5, 0.6) is 17.2 Å². The molecule has 1 N–H and O–H groups in total. The quantitative estimate of drug-likeness (QED) is 0.878. The molecule has 132 valence electrons. The average Bonchev–Trinajstić information content (AvgIpc) is 2.66. The van der Waals surface area contributed by atoms with E-state index in [1.165, 1.54) is 0 Å². The highest BCUT2D eigenvalue weighted by molar-refractivity contribution is 5.80. The van der Waals surface area contributed by atoms with Crippen LogP contribution in [0.2, 0.25) is 0 Å².